The zero-order chi connectivity index (χ0) is 13.0. The molecular weight excluding hydrogens is 352 g/mol. The van der Waals surface area contributed by atoms with Crippen LogP contribution in [0.1, 0.15) is 30.6 Å². The number of aromatic hydroxyl groups is 1. The van der Waals surface area contributed by atoms with Gasteiger partial charge in [0.15, 0.2) is 0 Å². The second kappa shape index (κ2) is 6.44. The zero-order valence-corrected chi connectivity index (χ0v) is 12.6. The van der Waals surface area contributed by atoms with Crippen LogP contribution in [0.5, 0.6) is 5.75 Å². The van der Waals surface area contributed by atoms with E-state index in [1.165, 1.54) is 6.07 Å². The Morgan fingerprint density at radius 1 is 1.53 bits per heavy atom. The Hall–Kier alpha value is -0.490. The molecule has 3 nitrogen and oxygen atoms in total. The molecule has 5 heteroatoms. The maximum atomic E-state index is 11.9. The summed E-state index contributed by atoms with van der Waals surface area (Å²) in [5.74, 6) is -0.278. The van der Waals surface area contributed by atoms with Gasteiger partial charge in [0.05, 0.1) is 5.56 Å². The lowest BCUT2D eigenvalue weighted by Gasteiger charge is -2.15. The maximum absolute atomic E-state index is 11.9. The molecule has 1 rings (SSSR count). The van der Waals surface area contributed by atoms with Crippen LogP contribution in [0.15, 0.2) is 18.2 Å². The van der Waals surface area contributed by atoms with Gasteiger partial charge in [-0.15, -0.1) is 11.6 Å². The largest absolute Gasteiger partial charge is 0.507 e. The third-order valence-corrected chi connectivity index (χ3v) is 3.11. The van der Waals surface area contributed by atoms with E-state index < -0.39 is 0 Å². The summed E-state index contributed by atoms with van der Waals surface area (Å²) in [6.07, 6.45) is 0.692. The Balaban J connectivity index is 2.73. The summed E-state index contributed by atoms with van der Waals surface area (Å²) in [6, 6.07) is 4.90. The molecule has 0 heterocycles. The van der Waals surface area contributed by atoms with E-state index in [-0.39, 0.29) is 23.1 Å². The normalized spacial score (nSPS) is 14.1. The predicted molar refractivity (Wildman–Crippen MR) is 77.7 cm³/mol. The number of carbonyl (C=O) groups excluding carboxylic acids is 1. The molecule has 2 atom stereocenters. The number of nitrogens with one attached hydrogen (secondary N) is 1. The molecule has 0 aliphatic heterocycles. The van der Waals surface area contributed by atoms with Crippen molar-refractivity contribution in [1.82, 2.24) is 5.32 Å². The molecule has 0 aliphatic carbocycles. The molecule has 1 aromatic rings. The smallest absolute Gasteiger partial charge is 0.255 e. The van der Waals surface area contributed by atoms with Crippen molar-refractivity contribution < 1.29 is 9.90 Å². The lowest BCUT2D eigenvalue weighted by Crippen LogP contribution is -2.34. The molecule has 0 saturated carbocycles. The van der Waals surface area contributed by atoms with Crippen molar-refractivity contribution in [3.05, 3.63) is 27.3 Å². The Bertz CT molecular complexity index is 409. The Kier molecular flexibility index (Phi) is 5.52. The average Bonchev–Trinajstić information content (AvgIpc) is 2.20. The summed E-state index contributed by atoms with van der Waals surface area (Å²) in [5.41, 5.74) is 0.297. The Labute approximate surface area is 120 Å². The van der Waals surface area contributed by atoms with Crippen LogP contribution in [0.25, 0.3) is 0 Å². The summed E-state index contributed by atoms with van der Waals surface area (Å²) in [4.78, 5) is 11.9. The van der Waals surface area contributed by atoms with Crippen LogP contribution in [0.4, 0.5) is 0 Å². The summed E-state index contributed by atoms with van der Waals surface area (Å²) in [5, 5.41) is 12.4. The van der Waals surface area contributed by atoms with Crippen LogP contribution in [-0.4, -0.2) is 22.4 Å². The molecule has 0 radical (unpaired) electrons. The van der Waals surface area contributed by atoms with Crippen molar-refractivity contribution in [3.63, 3.8) is 0 Å². The lowest BCUT2D eigenvalue weighted by molar-refractivity contribution is 0.0936. The van der Waals surface area contributed by atoms with Gasteiger partial charge < -0.3 is 10.4 Å². The number of halogens is 2. The van der Waals surface area contributed by atoms with Crippen LogP contribution in [-0.2, 0) is 0 Å². The number of hydrogen-bond acceptors (Lipinski definition) is 2. The van der Waals surface area contributed by atoms with Gasteiger partial charge in [-0.1, -0.05) is 0 Å². The lowest BCUT2D eigenvalue weighted by atomic mass is 10.1. The molecule has 1 amide bonds. The number of amides is 1. The van der Waals surface area contributed by atoms with Gasteiger partial charge in [-0.2, -0.15) is 0 Å². The molecule has 0 spiro atoms. The molecule has 2 unspecified atom stereocenters. The van der Waals surface area contributed by atoms with E-state index in [1.54, 1.807) is 12.1 Å². The fourth-order valence-corrected chi connectivity index (χ4v) is 2.30. The van der Waals surface area contributed by atoms with Gasteiger partial charge in [0.25, 0.3) is 5.91 Å². The van der Waals surface area contributed by atoms with Crippen LogP contribution < -0.4 is 5.32 Å². The first-order chi connectivity index (χ1) is 7.90. The second-order valence-electron chi connectivity index (χ2n) is 4.05. The molecule has 0 bridgehead atoms. The SMILES string of the molecule is CC(Cl)CC(C)NC(=O)c1cc(I)ccc1O. The monoisotopic (exact) mass is 367 g/mol. The molecule has 2 N–H and O–H groups in total. The van der Waals surface area contributed by atoms with Crippen molar-refractivity contribution in [1.29, 1.82) is 0 Å². The number of alkyl halides is 1. The number of hydrogen-bond donors (Lipinski definition) is 2. The quantitative estimate of drug-likeness (QED) is 0.634. The zero-order valence-electron chi connectivity index (χ0n) is 9.71. The number of benzene rings is 1. The standard InChI is InChI=1S/C12H15ClINO2/c1-7(13)5-8(2)15-12(17)10-6-9(14)3-4-11(10)16/h3-4,6-8,16H,5H2,1-2H3,(H,15,17). The molecular formula is C12H15ClINO2. The molecule has 0 aromatic heterocycles. The van der Waals surface area contributed by atoms with E-state index in [1.807, 2.05) is 13.8 Å². The van der Waals surface area contributed by atoms with Crippen molar-refractivity contribution in [3.8, 4) is 5.75 Å². The highest BCUT2D eigenvalue weighted by atomic mass is 127. The van der Waals surface area contributed by atoms with E-state index in [4.69, 9.17) is 11.6 Å². The molecule has 0 fully saturated rings. The highest BCUT2D eigenvalue weighted by Gasteiger charge is 2.15. The fourth-order valence-electron chi connectivity index (χ4n) is 1.54. The van der Waals surface area contributed by atoms with Gasteiger partial charge in [-0.05, 0) is 61.1 Å². The third kappa shape index (κ3) is 4.71. The van der Waals surface area contributed by atoms with Gasteiger partial charge in [0.2, 0.25) is 0 Å². The van der Waals surface area contributed by atoms with Gasteiger partial charge in [0, 0.05) is 15.0 Å². The Morgan fingerprint density at radius 2 is 2.18 bits per heavy atom. The first-order valence-electron chi connectivity index (χ1n) is 5.33. The highest BCUT2D eigenvalue weighted by Crippen LogP contribution is 2.19. The minimum atomic E-state index is -0.272. The van der Waals surface area contributed by atoms with E-state index in [2.05, 4.69) is 27.9 Å². The van der Waals surface area contributed by atoms with E-state index in [0.717, 1.165) is 3.57 Å². The van der Waals surface area contributed by atoms with Gasteiger partial charge >= 0.3 is 0 Å². The van der Waals surface area contributed by atoms with Crippen LogP contribution in [0, 0.1) is 3.57 Å². The van der Waals surface area contributed by atoms with Crippen molar-refractivity contribution in [2.75, 3.05) is 0 Å². The van der Waals surface area contributed by atoms with Gasteiger partial charge in [0.1, 0.15) is 5.75 Å². The average molecular weight is 368 g/mol. The minimum Gasteiger partial charge on any atom is -0.507 e. The van der Waals surface area contributed by atoms with E-state index in [9.17, 15) is 9.90 Å². The van der Waals surface area contributed by atoms with Crippen LogP contribution >= 0.6 is 34.2 Å². The first-order valence-corrected chi connectivity index (χ1v) is 6.85. The first kappa shape index (κ1) is 14.6. The van der Waals surface area contributed by atoms with E-state index >= 15 is 0 Å². The number of phenols is 1. The highest BCUT2D eigenvalue weighted by molar-refractivity contribution is 14.1. The van der Waals surface area contributed by atoms with Gasteiger partial charge in [-0.25, -0.2) is 0 Å². The third-order valence-electron chi connectivity index (χ3n) is 2.26. The van der Waals surface area contributed by atoms with E-state index in [0.29, 0.717) is 12.0 Å². The van der Waals surface area contributed by atoms with Crippen molar-refractivity contribution in [2.24, 2.45) is 0 Å². The fraction of sp³-hybridized carbons (Fsp3) is 0.417. The topological polar surface area (TPSA) is 49.3 Å². The number of rotatable bonds is 4. The maximum Gasteiger partial charge on any atom is 0.255 e. The molecule has 94 valence electrons. The summed E-state index contributed by atoms with van der Waals surface area (Å²) in [6.45, 7) is 3.77. The predicted octanol–water partition coefficient (Wildman–Crippen LogP) is 3.13. The molecule has 17 heavy (non-hydrogen) atoms. The Morgan fingerprint density at radius 3 is 2.76 bits per heavy atom. The summed E-state index contributed by atoms with van der Waals surface area (Å²) < 4.78 is 0.906. The van der Waals surface area contributed by atoms with Crippen molar-refractivity contribution in [2.45, 2.75) is 31.7 Å². The minimum absolute atomic E-state index is 0.00552. The van der Waals surface area contributed by atoms with Gasteiger partial charge in [-0.3, -0.25) is 4.79 Å². The van der Waals surface area contributed by atoms with Crippen molar-refractivity contribution >= 4 is 40.1 Å². The van der Waals surface area contributed by atoms with Crippen LogP contribution in [0.2, 0.25) is 0 Å². The molecule has 1 aromatic carbocycles. The van der Waals surface area contributed by atoms with Crippen LogP contribution in [0.3, 0.4) is 0 Å². The number of carbonyl (C=O) groups is 1. The summed E-state index contributed by atoms with van der Waals surface area (Å²) >= 11 is 7.95. The summed E-state index contributed by atoms with van der Waals surface area (Å²) in [7, 11) is 0. The molecule has 0 aliphatic rings. The number of phenolic OH excluding ortho intramolecular Hbond substituents is 1. The second-order valence-corrected chi connectivity index (χ2v) is 6.04. The molecule has 0 saturated heterocycles.